The third kappa shape index (κ3) is 7.48. The van der Waals surface area contributed by atoms with E-state index in [4.69, 9.17) is 9.47 Å². The maximum absolute atomic E-state index is 11.8. The first-order valence-corrected chi connectivity index (χ1v) is 7.26. The highest BCUT2D eigenvalue weighted by Gasteiger charge is 2.27. The molecule has 0 fully saturated rings. The molecule has 24 heavy (non-hydrogen) atoms. The molecule has 1 aromatic carbocycles. The Balaban J connectivity index is 2.57. The van der Waals surface area contributed by atoms with Crippen LogP contribution >= 0.6 is 0 Å². The van der Waals surface area contributed by atoms with Gasteiger partial charge in [-0.05, 0) is 26.3 Å². The van der Waals surface area contributed by atoms with Crippen LogP contribution in [0.5, 0.6) is 0 Å². The maximum Gasteiger partial charge on any atom is 0.409 e. The van der Waals surface area contributed by atoms with Crippen LogP contribution in [0.2, 0.25) is 0 Å². The Morgan fingerprint density at radius 2 is 1.62 bits per heavy atom. The van der Waals surface area contributed by atoms with E-state index >= 15 is 0 Å². The van der Waals surface area contributed by atoms with Gasteiger partial charge in [-0.1, -0.05) is 30.3 Å². The molecule has 0 saturated heterocycles. The molecule has 1 aromatic rings. The number of hydrogen-bond acceptors (Lipinski definition) is 6. The second kappa shape index (κ2) is 8.76. The molecule has 0 aliphatic carbocycles. The third-order valence-electron chi connectivity index (χ3n) is 2.57. The van der Waals surface area contributed by atoms with Crippen molar-refractivity contribution >= 4 is 18.2 Å². The fraction of sp³-hybridized carbons (Fsp3) is 0.438. The summed E-state index contributed by atoms with van der Waals surface area (Å²) in [5.74, 6) is -0.863. The summed E-state index contributed by atoms with van der Waals surface area (Å²) >= 11 is 0. The number of hydrogen-bond donors (Lipinski definition) is 2. The minimum absolute atomic E-state index is 0.0208. The molecule has 1 rings (SSSR count). The SMILES string of the molecule is COC(=O)[C@H](NC(=O)OCc1ccccc1)NC(=O)OC(C)(C)C. The summed E-state index contributed by atoms with van der Waals surface area (Å²) < 4.78 is 14.5. The lowest BCUT2D eigenvalue weighted by atomic mass is 10.2. The molecule has 132 valence electrons. The van der Waals surface area contributed by atoms with Crippen molar-refractivity contribution in [1.29, 1.82) is 0 Å². The van der Waals surface area contributed by atoms with Crippen LogP contribution in [0.1, 0.15) is 26.3 Å². The van der Waals surface area contributed by atoms with Crippen LogP contribution in [0.3, 0.4) is 0 Å². The zero-order valence-corrected chi connectivity index (χ0v) is 14.1. The molecule has 8 nitrogen and oxygen atoms in total. The van der Waals surface area contributed by atoms with E-state index in [1.165, 1.54) is 0 Å². The number of carbonyl (C=O) groups excluding carboxylic acids is 3. The highest BCUT2D eigenvalue weighted by molar-refractivity contribution is 5.84. The number of benzene rings is 1. The van der Waals surface area contributed by atoms with Crippen molar-refractivity contribution in [3.05, 3.63) is 35.9 Å². The van der Waals surface area contributed by atoms with Crippen LogP contribution in [0, 0.1) is 0 Å². The van der Waals surface area contributed by atoms with E-state index in [0.717, 1.165) is 12.7 Å². The molecule has 2 N–H and O–H groups in total. The van der Waals surface area contributed by atoms with Gasteiger partial charge in [0.2, 0.25) is 6.17 Å². The number of methoxy groups -OCH3 is 1. The number of carbonyl (C=O) groups is 3. The predicted molar refractivity (Wildman–Crippen MR) is 84.9 cm³/mol. The van der Waals surface area contributed by atoms with Crippen molar-refractivity contribution in [3.63, 3.8) is 0 Å². The lowest BCUT2D eigenvalue weighted by Gasteiger charge is -2.22. The molecule has 0 unspecified atom stereocenters. The Labute approximate surface area is 140 Å². The molecule has 2 amide bonds. The van der Waals surface area contributed by atoms with Gasteiger partial charge in [-0.15, -0.1) is 0 Å². The number of alkyl carbamates (subject to hydrolysis) is 2. The van der Waals surface area contributed by atoms with E-state index in [1.54, 1.807) is 45.0 Å². The molecule has 0 spiro atoms. The maximum atomic E-state index is 11.8. The van der Waals surface area contributed by atoms with Crippen LogP contribution in [0.15, 0.2) is 30.3 Å². The molecule has 0 aliphatic rings. The van der Waals surface area contributed by atoms with Crippen LogP contribution in [-0.2, 0) is 25.6 Å². The molecule has 0 bridgehead atoms. The third-order valence-corrected chi connectivity index (χ3v) is 2.57. The van der Waals surface area contributed by atoms with Crippen LogP contribution in [0.25, 0.3) is 0 Å². The second-order valence-electron chi connectivity index (χ2n) is 5.81. The molecular weight excluding hydrogens is 316 g/mol. The summed E-state index contributed by atoms with van der Waals surface area (Å²) in [5.41, 5.74) is 0.0286. The van der Waals surface area contributed by atoms with Crippen LogP contribution in [-0.4, -0.2) is 37.0 Å². The van der Waals surface area contributed by atoms with Gasteiger partial charge in [-0.2, -0.15) is 0 Å². The summed E-state index contributed by atoms with van der Waals surface area (Å²) in [6.07, 6.45) is -3.18. The molecule has 0 saturated carbocycles. The summed E-state index contributed by atoms with van der Waals surface area (Å²) in [6.45, 7) is 5.02. The first kappa shape index (κ1) is 19.3. The molecule has 1 atom stereocenters. The van der Waals surface area contributed by atoms with Gasteiger partial charge in [0.05, 0.1) is 7.11 Å². The highest BCUT2D eigenvalue weighted by atomic mass is 16.6. The summed E-state index contributed by atoms with van der Waals surface area (Å²) in [4.78, 5) is 35.2. The van der Waals surface area contributed by atoms with Gasteiger partial charge in [0.25, 0.3) is 0 Å². The summed E-state index contributed by atoms with van der Waals surface area (Å²) in [7, 11) is 1.13. The smallest absolute Gasteiger partial charge is 0.409 e. The summed E-state index contributed by atoms with van der Waals surface area (Å²) in [5, 5.41) is 4.41. The molecule has 0 aliphatic heterocycles. The molecular formula is C16H22N2O6. The van der Waals surface area contributed by atoms with E-state index < -0.39 is 29.9 Å². The fourth-order valence-electron chi connectivity index (χ4n) is 1.58. The summed E-state index contributed by atoms with van der Waals surface area (Å²) in [6, 6.07) is 9.01. The minimum atomic E-state index is -1.42. The van der Waals surface area contributed by atoms with Crippen molar-refractivity contribution in [2.45, 2.75) is 39.1 Å². The number of rotatable bonds is 5. The van der Waals surface area contributed by atoms with Crippen molar-refractivity contribution < 1.29 is 28.6 Å². The number of ether oxygens (including phenoxy) is 3. The molecule has 0 aromatic heterocycles. The Bertz CT molecular complexity index is 568. The largest absolute Gasteiger partial charge is 0.466 e. The van der Waals surface area contributed by atoms with E-state index in [1.807, 2.05) is 6.07 Å². The predicted octanol–water partition coefficient (Wildman–Crippen LogP) is 1.94. The standard InChI is InChI=1S/C16H22N2O6/c1-16(2,3)24-15(21)18-12(13(19)22-4)17-14(20)23-10-11-8-6-5-7-9-11/h5-9,12H,10H2,1-4H3,(H,17,20)(H,18,21)/t12-/m1/s1. The molecule has 0 radical (unpaired) electrons. The molecule has 0 heterocycles. The zero-order valence-electron chi connectivity index (χ0n) is 14.1. The average molecular weight is 338 g/mol. The van der Waals surface area contributed by atoms with E-state index in [9.17, 15) is 14.4 Å². The first-order valence-electron chi connectivity index (χ1n) is 7.26. The van der Waals surface area contributed by atoms with Gasteiger partial charge in [0.1, 0.15) is 12.2 Å². The lowest BCUT2D eigenvalue weighted by Crippen LogP contribution is -2.54. The number of esters is 1. The van der Waals surface area contributed by atoms with Gasteiger partial charge in [-0.25, -0.2) is 14.4 Å². The highest BCUT2D eigenvalue weighted by Crippen LogP contribution is 2.07. The minimum Gasteiger partial charge on any atom is -0.466 e. The van der Waals surface area contributed by atoms with Crippen molar-refractivity contribution in [2.75, 3.05) is 7.11 Å². The monoisotopic (exact) mass is 338 g/mol. The van der Waals surface area contributed by atoms with Crippen LogP contribution in [0.4, 0.5) is 9.59 Å². The lowest BCUT2D eigenvalue weighted by molar-refractivity contribution is -0.143. The Hall–Kier alpha value is -2.77. The van der Waals surface area contributed by atoms with E-state index in [0.29, 0.717) is 0 Å². The van der Waals surface area contributed by atoms with Gasteiger partial charge in [-0.3, -0.25) is 10.6 Å². The van der Waals surface area contributed by atoms with E-state index in [-0.39, 0.29) is 6.61 Å². The van der Waals surface area contributed by atoms with E-state index in [2.05, 4.69) is 15.4 Å². The van der Waals surface area contributed by atoms with Gasteiger partial charge < -0.3 is 14.2 Å². The molecule has 8 heteroatoms. The van der Waals surface area contributed by atoms with Gasteiger partial charge in [0, 0.05) is 0 Å². The Morgan fingerprint density at radius 1 is 1.04 bits per heavy atom. The topological polar surface area (TPSA) is 103 Å². The Morgan fingerprint density at radius 3 is 2.17 bits per heavy atom. The quantitative estimate of drug-likeness (QED) is 0.483. The number of amides is 2. The van der Waals surface area contributed by atoms with Gasteiger partial charge in [0.15, 0.2) is 0 Å². The normalized spacial score (nSPS) is 11.8. The Kier molecular flexibility index (Phi) is 7.03. The second-order valence-corrected chi connectivity index (χ2v) is 5.81. The average Bonchev–Trinajstić information content (AvgIpc) is 2.50. The number of nitrogens with one attached hydrogen (secondary N) is 2. The van der Waals surface area contributed by atoms with Crippen molar-refractivity contribution in [3.8, 4) is 0 Å². The van der Waals surface area contributed by atoms with Crippen molar-refractivity contribution in [1.82, 2.24) is 10.6 Å². The first-order chi connectivity index (χ1) is 11.2. The van der Waals surface area contributed by atoms with Crippen LogP contribution < -0.4 is 10.6 Å². The fourth-order valence-corrected chi connectivity index (χ4v) is 1.58. The zero-order chi connectivity index (χ0) is 18.2. The van der Waals surface area contributed by atoms with Gasteiger partial charge >= 0.3 is 18.2 Å². The van der Waals surface area contributed by atoms with Crippen molar-refractivity contribution in [2.24, 2.45) is 0 Å².